The minimum atomic E-state index is -0.667. The Balaban J connectivity index is 1.81. The van der Waals surface area contributed by atoms with Crippen LogP contribution in [0.15, 0.2) is 45.8 Å². The summed E-state index contributed by atoms with van der Waals surface area (Å²) >= 11 is 4.18. The SMILES string of the molecule is CCOc1cc(/C=C2/SC(=O)N(CC(=O)OC(C)C)C2=O)cc(Br)c1OCc1cccc([N+](=O)[O-])c1. The standard InChI is InChI=1S/C24H23BrN2O8S/c1-4-33-19-10-16(11-20-23(29)26(24(30)36-20)12-21(28)35-14(2)3)9-18(25)22(19)34-13-15-6-5-7-17(8-15)27(31)32/h5-11,14H,4,12-13H2,1-3H3/b20-11+. The minimum Gasteiger partial charge on any atom is -0.490 e. The average molecular weight is 579 g/mol. The number of hydrogen-bond acceptors (Lipinski definition) is 9. The third kappa shape index (κ3) is 6.85. The summed E-state index contributed by atoms with van der Waals surface area (Å²) in [5, 5.41) is 10.5. The monoisotopic (exact) mass is 578 g/mol. The molecule has 0 radical (unpaired) electrons. The molecule has 0 unspecified atom stereocenters. The van der Waals surface area contributed by atoms with Crippen molar-refractivity contribution in [3.05, 3.63) is 67.0 Å². The van der Waals surface area contributed by atoms with Crippen LogP contribution in [0.1, 0.15) is 31.9 Å². The number of esters is 1. The molecule has 0 aliphatic carbocycles. The molecular weight excluding hydrogens is 556 g/mol. The van der Waals surface area contributed by atoms with E-state index in [2.05, 4.69) is 15.9 Å². The van der Waals surface area contributed by atoms with Crippen molar-refractivity contribution in [2.45, 2.75) is 33.5 Å². The first-order valence-corrected chi connectivity index (χ1v) is 12.5. The van der Waals surface area contributed by atoms with Crippen LogP contribution in [0, 0.1) is 10.1 Å². The predicted octanol–water partition coefficient (Wildman–Crippen LogP) is 5.32. The van der Waals surface area contributed by atoms with Crippen molar-refractivity contribution in [1.29, 1.82) is 0 Å². The van der Waals surface area contributed by atoms with Crippen molar-refractivity contribution in [1.82, 2.24) is 4.90 Å². The Morgan fingerprint density at radius 1 is 1.22 bits per heavy atom. The number of hydrogen-bond donors (Lipinski definition) is 0. The second-order valence-corrected chi connectivity index (χ2v) is 9.63. The van der Waals surface area contributed by atoms with Crippen LogP contribution in [0.5, 0.6) is 11.5 Å². The van der Waals surface area contributed by atoms with Crippen LogP contribution < -0.4 is 9.47 Å². The molecule has 0 bridgehead atoms. The maximum atomic E-state index is 12.7. The molecular formula is C24H23BrN2O8S. The predicted molar refractivity (Wildman–Crippen MR) is 137 cm³/mol. The number of ether oxygens (including phenoxy) is 3. The molecule has 2 aromatic rings. The zero-order valence-electron chi connectivity index (χ0n) is 19.7. The van der Waals surface area contributed by atoms with Gasteiger partial charge in [0.15, 0.2) is 11.5 Å². The molecule has 1 fully saturated rings. The molecule has 2 aromatic carbocycles. The topological polar surface area (TPSA) is 125 Å². The quantitative estimate of drug-likeness (QED) is 0.159. The van der Waals surface area contributed by atoms with Crippen LogP contribution in [0.2, 0.25) is 0 Å². The highest BCUT2D eigenvalue weighted by Gasteiger charge is 2.37. The Labute approximate surface area is 219 Å². The first-order chi connectivity index (χ1) is 17.1. The summed E-state index contributed by atoms with van der Waals surface area (Å²) in [5.74, 6) is -0.501. The summed E-state index contributed by atoms with van der Waals surface area (Å²) in [7, 11) is 0. The van der Waals surface area contributed by atoms with Crippen LogP contribution in [0.4, 0.5) is 10.5 Å². The summed E-state index contributed by atoms with van der Waals surface area (Å²) in [6, 6.07) is 9.45. The highest BCUT2D eigenvalue weighted by Crippen LogP contribution is 2.39. The summed E-state index contributed by atoms with van der Waals surface area (Å²) in [6.07, 6.45) is 1.16. The molecule has 1 aliphatic rings. The smallest absolute Gasteiger partial charge is 0.326 e. The summed E-state index contributed by atoms with van der Waals surface area (Å²) in [4.78, 5) is 48.5. The van der Waals surface area contributed by atoms with Crippen molar-refractivity contribution in [2.75, 3.05) is 13.2 Å². The van der Waals surface area contributed by atoms with E-state index >= 15 is 0 Å². The largest absolute Gasteiger partial charge is 0.490 e. The number of thioether (sulfide) groups is 1. The van der Waals surface area contributed by atoms with E-state index in [0.717, 1.165) is 16.7 Å². The molecule has 10 nitrogen and oxygen atoms in total. The van der Waals surface area contributed by atoms with E-state index in [1.165, 1.54) is 18.2 Å². The fourth-order valence-electron chi connectivity index (χ4n) is 3.21. The fourth-order valence-corrected chi connectivity index (χ4v) is 4.62. The molecule has 0 spiro atoms. The fraction of sp³-hybridized carbons (Fsp3) is 0.292. The molecule has 1 aliphatic heterocycles. The summed E-state index contributed by atoms with van der Waals surface area (Å²) < 4.78 is 17.1. The van der Waals surface area contributed by atoms with Gasteiger partial charge >= 0.3 is 5.97 Å². The zero-order chi connectivity index (χ0) is 26.4. The Bertz CT molecular complexity index is 1230. The molecule has 190 valence electrons. The number of rotatable bonds is 10. The van der Waals surface area contributed by atoms with Crippen LogP contribution in [-0.2, 0) is 20.9 Å². The van der Waals surface area contributed by atoms with Gasteiger partial charge < -0.3 is 14.2 Å². The number of nitro groups is 1. The Morgan fingerprint density at radius 3 is 2.64 bits per heavy atom. The number of amides is 2. The molecule has 0 aromatic heterocycles. The third-order valence-electron chi connectivity index (χ3n) is 4.66. The number of halogens is 1. The van der Waals surface area contributed by atoms with Gasteiger partial charge in [-0.15, -0.1) is 0 Å². The summed E-state index contributed by atoms with van der Waals surface area (Å²) in [5.41, 5.74) is 1.12. The lowest BCUT2D eigenvalue weighted by atomic mass is 10.1. The minimum absolute atomic E-state index is 0.0399. The van der Waals surface area contributed by atoms with E-state index in [0.29, 0.717) is 33.7 Å². The number of benzene rings is 2. The van der Waals surface area contributed by atoms with Crippen molar-refractivity contribution in [3.8, 4) is 11.5 Å². The molecule has 0 N–H and O–H groups in total. The molecule has 1 heterocycles. The van der Waals surface area contributed by atoms with Gasteiger partial charge in [-0.25, -0.2) is 0 Å². The lowest BCUT2D eigenvalue weighted by Crippen LogP contribution is -2.35. The Hall–Kier alpha value is -3.38. The Kier molecular flexibility index (Phi) is 9.10. The van der Waals surface area contributed by atoms with Crippen molar-refractivity contribution < 1.29 is 33.5 Å². The molecule has 0 saturated carbocycles. The normalized spacial score (nSPS) is 14.5. The van der Waals surface area contributed by atoms with Crippen LogP contribution >= 0.6 is 27.7 Å². The first-order valence-electron chi connectivity index (χ1n) is 10.9. The lowest BCUT2D eigenvalue weighted by molar-refractivity contribution is -0.384. The lowest BCUT2D eigenvalue weighted by Gasteiger charge is -2.15. The number of carbonyl (C=O) groups is 3. The van der Waals surface area contributed by atoms with E-state index < -0.39 is 28.6 Å². The molecule has 3 rings (SSSR count). The van der Waals surface area contributed by atoms with E-state index in [-0.39, 0.29) is 23.3 Å². The second kappa shape index (κ2) is 12.0. The molecule has 1 saturated heterocycles. The molecule has 2 amide bonds. The van der Waals surface area contributed by atoms with Gasteiger partial charge in [-0.05, 0) is 77.8 Å². The number of nitrogens with zero attached hydrogens (tertiary/aromatic N) is 2. The van der Waals surface area contributed by atoms with Gasteiger partial charge in [-0.2, -0.15) is 0 Å². The van der Waals surface area contributed by atoms with Gasteiger partial charge in [0.25, 0.3) is 16.8 Å². The molecule has 0 atom stereocenters. The van der Waals surface area contributed by atoms with Gasteiger partial charge in [0.05, 0.1) is 27.0 Å². The number of imide groups is 1. The molecule has 36 heavy (non-hydrogen) atoms. The van der Waals surface area contributed by atoms with E-state index in [1.807, 2.05) is 0 Å². The van der Waals surface area contributed by atoms with Crippen molar-refractivity contribution in [2.24, 2.45) is 0 Å². The highest BCUT2D eigenvalue weighted by atomic mass is 79.9. The maximum Gasteiger partial charge on any atom is 0.326 e. The third-order valence-corrected chi connectivity index (χ3v) is 6.16. The van der Waals surface area contributed by atoms with Gasteiger partial charge in [0.2, 0.25) is 0 Å². The highest BCUT2D eigenvalue weighted by molar-refractivity contribution is 9.10. The average Bonchev–Trinajstić information content (AvgIpc) is 3.05. The van der Waals surface area contributed by atoms with Gasteiger partial charge in [-0.1, -0.05) is 12.1 Å². The van der Waals surface area contributed by atoms with Crippen LogP contribution in [0.3, 0.4) is 0 Å². The van der Waals surface area contributed by atoms with Crippen molar-refractivity contribution >= 4 is 56.6 Å². The van der Waals surface area contributed by atoms with Gasteiger partial charge in [0, 0.05) is 12.1 Å². The van der Waals surface area contributed by atoms with Crippen LogP contribution in [0.25, 0.3) is 6.08 Å². The summed E-state index contributed by atoms with van der Waals surface area (Å²) in [6.45, 7) is 5.08. The van der Waals surface area contributed by atoms with Gasteiger partial charge in [-0.3, -0.25) is 29.4 Å². The van der Waals surface area contributed by atoms with Crippen LogP contribution in [-0.4, -0.2) is 46.2 Å². The maximum absolute atomic E-state index is 12.7. The first kappa shape index (κ1) is 27.2. The van der Waals surface area contributed by atoms with Crippen molar-refractivity contribution in [3.63, 3.8) is 0 Å². The Morgan fingerprint density at radius 2 is 1.97 bits per heavy atom. The van der Waals surface area contributed by atoms with E-state index in [4.69, 9.17) is 14.2 Å². The number of non-ortho nitro benzene ring substituents is 1. The molecule has 12 heteroatoms. The zero-order valence-corrected chi connectivity index (χ0v) is 22.1. The van der Waals surface area contributed by atoms with E-state index in [1.54, 1.807) is 45.0 Å². The van der Waals surface area contributed by atoms with Gasteiger partial charge in [0.1, 0.15) is 13.2 Å². The second-order valence-electron chi connectivity index (χ2n) is 7.79. The number of carbonyl (C=O) groups excluding carboxylic acids is 3. The van der Waals surface area contributed by atoms with E-state index in [9.17, 15) is 24.5 Å². The number of nitro benzene ring substituents is 1.